The number of aromatic nitrogens is 2. The third kappa shape index (κ3) is 3.44. The van der Waals surface area contributed by atoms with Crippen molar-refractivity contribution in [2.75, 3.05) is 0 Å². The molecule has 100 valence electrons. The molecular weight excluding hydrogens is 240 g/mol. The number of benzene rings is 1. The standard InChI is InChI=1S/C15H18N2O2/c1-15(2,3)13-9-12(16-17-13)14(18)19-10-11-7-5-4-6-8-11/h4-9H,10H2,1-3H3,(H,16,17). The fraction of sp³-hybridized carbons (Fsp3) is 0.333. The van der Waals surface area contributed by atoms with Crippen LogP contribution in [0.4, 0.5) is 0 Å². The van der Waals surface area contributed by atoms with Crippen molar-refractivity contribution in [3.8, 4) is 0 Å². The van der Waals surface area contributed by atoms with E-state index in [9.17, 15) is 4.79 Å². The van der Waals surface area contributed by atoms with E-state index in [0.717, 1.165) is 11.3 Å². The summed E-state index contributed by atoms with van der Waals surface area (Å²) >= 11 is 0. The van der Waals surface area contributed by atoms with Gasteiger partial charge in [0.2, 0.25) is 0 Å². The monoisotopic (exact) mass is 258 g/mol. The first-order valence-electron chi connectivity index (χ1n) is 6.24. The van der Waals surface area contributed by atoms with Gasteiger partial charge in [-0.1, -0.05) is 51.1 Å². The number of carbonyl (C=O) groups excluding carboxylic acids is 1. The molecule has 19 heavy (non-hydrogen) atoms. The van der Waals surface area contributed by atoms with Gasteiger partial charge in [0.1, 0.15) is 12.3 Å². The number of nitrogens with one attached hydrogen (secondary N) is 1. The Morgan fingerprint density at radius 2 is 1.95 bits per heavy atom. The van der Waals surface area contributed by atoms with Crippen molar-refractivity contribution < 1.29 is 9.53 Å². The van der Waals surface area contributed by atoms with Gasteiger partial charge >= 0.3 is 5.97 Å². The van der Waals surface area contributed by atoms with Crippen LogP contribution in [0.3, 0.4) is 0 Å². The van der Waals surface area contributed by atoms with Gasteiger partial charge in [0.25, 0.3) is 0 Å². The number of nitrogens with zero attached hydrogens (tertiary/aromatic N) is 1. The number of ether oxygens (including phenoxy) is 1. The second-order valence-electron chi connectivity index (χ2n) is 5.48. The molecule has 1 aromatic heterocycles. The van der Waals surface area contributed by atoms with Crippen molar-refractivity contribution in [1.82, 2.24) is 10.2 Å². The van der Waals surface area contributed by atoms with Crippen LogP contribution in [0.15, 0.2) is 36.4 Å². The summed E-state index contributed by atoms with van der Waals surface area (Å²) < 4.78 is 5.23. The number of hydrogen-bond acceptors (Lipinski definition) is 3. The average Bonchev–Trinajstić information content (AvgIpc) is 2.87. The summed E-state index contributed by atoms with van der Waals surface area (Å²) in [5.74, 6) is -0.383. The van der Waals surface area contributed by atoms with Gasteiger partial charge in [-0.15, -0.1) is 0 Å². The number of H-pyrrole nitrogens is 1. The fourth-order valence-corrected chi connectivity index (χ4v) is 1.61. The molecule has 0 amide bonds. The van der Waals surface area contributed by atoms with Gasteiger partial charge in [-0.25, -0.2) is 4.79 Å². The fourth-order valence-electron chi connectivity index (χ4n) is 1.61. The van der Waals surface area contributed by atoms with Crippen LogP contribution >= 0.6 is 0 Å². The van der Waals surface area contributed by atoms with E-state index in [1.54, 1.807) is 6.07 Å². The van der Waals surface area contributed by atoms with E-state index in [1.165, 1.54) is 0 Å². The molecule has 0 bridgehead atoms. The van der Waals surface area contributed by atoms with Crippen LogP contribution < -0.4 is 0 Å². The maximum absolute atomic E-state index is 11.9. The molecule has 2 rings (SSSR count). The van der Waals surface area contributed by atoms with Gasteiger partial charge in [-0.05, 0) is 11.6 Å². The Labute approximate surface area is 112 Å². The van der Waals surface area contributed by atoms with E-state index in [0.29, 0.717) is 5.69 Å². The minimum Gasteiger partial charge on any atom is -0.456 e. The Bertz CT molecular complexity index is 553. The quantitative estimate of drug-likeness (QED) is 0.861. The largest absolute Gasteiger partial charge is 0.456 e. The van der Waals surface area contributed by atoms with Gasteiger partial charge in [0.05, 0.1) is 5.69 Å². The third-order valence-electron chi connectivity index (χ3n) is 2.78. The lowest BCUT2D eigenvalue weighted by atomic mass is 9.92. The molecule has 2 aromatic rings. The number of rotatable bonds is 3. The molecule has 0 radical (unpaired) electrons. The molecule has 0 aliphatic rings. The van der Waals surface area contributed by atoms with Crippen LogP contribution in [0.25, 0.3) is 0 Å². The molecule has 0 atom stereocenters. The van der Waals surface area contributed by atoms with Crippen molar-refractivity contribution >= 4 is 5.97 Å². The summed E-state index contributed by atoms with van der Waals surface area (Å²) in [4.78, 5) is 11.9. The normalized spacial score (nSPS) is 11.3. The molecule has 1 N–H and O–H groups in total. The number of carbonyl (C=O) groups is 1. The van der Waals surface area contributed by atoms with Crippen molar-refractivity contribution in [3.63, 3.8) is 0 Å². The summed E-state index contributed by atoms with van der Waals surface area (Å²) in [5.41, 5.74) is 2.11. The molecule has 0 saturated heterocycles. The Kier molecular flexibility index (Phi) is 3.69. The first-order chi connectivity index (χ1) is 8.97. The molecule has 0 aliphatic carbocycles. The average molecular weight is 258 g/mol. The van der Waals surface area contributed by atoms with Crippen molar-refractivity contribution in [2.45, 2.75) is 32.8 Å². The highest BCUT2D eigenvalue weighted by atomic mass is 16.5. The predicted molar refractivity (Wildman–Crippen MR) is 72.8 cm³/mol. The number of hydrogen-bond donors (Lipinski definition) is 1. The highest BCUT2D eigenvalue weighted by molar-refractivity contribution is 5.87. The highest BCUT2D eigenvalue weighted by Crippen LogP contribution is 2.20. The number of esters is 1. The Morgan fingerprint density at radius 1 is 1.26 bits per heavy atom. The van der Waals surface area contributed by atoms with Crippen LogP contribution in [0.1, 0.15) is 42.5 Å². The van der Waals surface area contributed by atoms with E-state index in [2.05, 4.69) is 10.2 Å². The maximum Gasteiger partial charge on any atom is 0.356 e. The third-order valence-corrected chi connectivity index (χ3v) is 2.78. The SMILES string of the molecule is CC(C)(C)c1cc(C(=O)OCc2ccccc2)[nH]n1. The summed E-state index contributed by atoms with van der Waals surface area (Å²) in [7, 11) is 0. The molecular formula is C15H18N2O2. The summed E-state index contributed by atoms with van der Waals surface area (Å²) in [5, 5.41) is 6.86. The highest BCUT2D eigenvalue weighted by Gasteiger charge is 2.20. The summed E-state index contributed by atoms with van der Waals surface area (Å²) in [6.45, 7) is 6.40. The van der Waals surface area contributed by atoms with Crippen molar-refractivity contribution in [3.05, 3.63) is 53.3 Å². The van der Waals surface area contributed by atoms with Crippen molar-refractivity contribution in [1.29, 1.82) is 0 Å². The molecule has 1 aromatic carbocycles. The Morgan fingerprint density at radius 3 is 2.53 bits per heavy atom. The lowest BCUT2D eigenvalue weighted by Gasteiger charge is -2.13. The summed E-state index contributed by atoms with van der Waals surface area (Å²) in [6, 6.07) is 11.3. The zero-order valence-electron chi connectivity index (χ0n) is 11.4. The van der Waals surface area contributed by atoms with E-state index in [4.69, 9.17) is 4.74 Å². The Balaban J connectivity index is 1.99. The van der Waals surface area contributed by atoms with Crippen molar-refractivity contribution in [2.24, 2.45) is 0 Å². The molecule has 0 aliphatic heterocycles. The zero-order valence-corrected chi connectivity index (χ0v) is 11.4. The molecule has 4 nitrogen and oxygen atoms in total. The lowest BCUT2D eigenvalue weighted by molar-refractivity contribution is 0.0465. The second kappa shape index (κ2) is 5.26. The minimum absolute atomic E-state index is 0.0888. The van der Waals surface area contributed by atoms with Crippen LogP contribution in [0.5, 0.6) is 0 Å². The molecule has 0 fully saturated rings. The van der Waals surface area contributed by atoms with E-state index < -0.39 is 0 Å². The van der Waals surface area contributed by atoms with E-state index >= 15 is 0 Å². The minimum atomic E-state index is -0.383. The first kappa shape index (κ1) is 13.3. The van der Waals surface area contributed by atoms with Gasteiger partial charge < -0.3 is 4.74 Å². The van der Waals surface area contributed by atoms with Gasteiger partial charge in [-0.2, -0.15) is 5.10 Å². The first-order valence-corrected chi connectivity index (χ1v) is 6.24. The molecule has 0 unspecified atom stereocenters. The van der Waals surface area contributed by atoms with Crippen LogP contribution in [-0.2, 0) is 16.8 Å². The predicted octanol–water partition coefficient (Wildman–Crippen LogP) is 3.06. The van der Waals surface area contributed by atoms with Gasteiger partial charge in [0, 0.05) is 5.41 Å². The van der Waals surface area contributed by atoms with Crippen LogP contribution in [0, 0.1) is 0 Å². The lowest BCUT2D eigenvalue weighted by Crippen LogP contribution is -2.11. The van der Waals surface area contributed by atoms with Crippen LogP contribution in [-0.4, -0.2) is 16.2 Å². The molecule has 0 saturated carbocycles. The zero-order chi connectivity index (χ0) is 13.9. The van der Waals surface area contributed by atoms with E-state index in [-0.39, 0.29) is 18.0 Å². The maximum atomic E-state index is 11.9. The van der Waals surface area contributed by atoms with Gasteiger partial charge in [0.15, 0.2) is 0 Å². The second-order valence-corrected chi connectivity index (χ2v) is 5.48. The van der Waals surface area contributed by atoms with Crippen LogP contribution in [0.2, 0.25) is 0 Å². The van der Waals surface area contributed by atoms with Gasteiger partial charge in [-0.3, -0.25) is 5.10 Å². The Hall–Kier alpha value is -2.10. The smallest absolute Gasteiger partial charge is 0.356 e. The van der Waals surface area contributed by atoms with E-state index in [1.807, 2.05) is 51.1 Å². The number of aromatic amines is 1. The molecule has 0 spiro atoms. The topological polar surface area (TPSA) is 55.0 Å². The molecule has 4 heteroatoms. The molecule has 1 heterocycles. The summed E-state index contributed by atoms with van der Waals surface area (Å²) in [6.07, 6.45) is 0.